The first-order chi connectivity index (χ1) is 19.6. The maximum Gasteiger partial charge on any atom is 0.408 e. The Labute approximate surface area is 255 Å². The predicted molar refractivity (Wildman–Crippen MR) is 162 cm³/mol. The Bertz CT molecular complexity index is 1390. The van der Waals surface area contributed by atoms with Crippen LogP contribution in [0.3, 0.4) is 0 Å². The molecule has 1 atom stereocenters. The van der Waals surface area contributed by atoms with E-state index in [1.54, 1.807) is 84.1 Å². The number of carbonyl (C=O) groups excluding carboxylic acids is 3. The molecule has 3 rings (SSSR count). The minimum absolute atomic E-state index is 0.0385. The number of pyridine rings is 1. The Morgan fingerprint density at radius 1 is 0.929 bits per heavy atom. The van der Waals surface area contributed by atoms with Crippen LogP contribution in [0.2, 0.25) is 10.0 Å². The summed E-state index contributed by atoms with van der Waals surface area (Å²) in [6, 6.07) is 9.44. The fourth-order valence-corrected chi connectivity index (χ4v) is 4.45. The Morgan fingerprint density at radius 2 is 1.60 bits per heavy atom. The number of hydrogen-bond donors (Lipinski definition) is 2. The number of ether oxygens (including phenoxy) is 2. The lowest BCUT2D eigenvalue weighted by Crippen LogP contribution is -2.44. The number of halogens is 2. The first-order valence-electron chi connectivity index (χ1n) is 13.5. The van der Waals surface area contributed by atoms with E-state index in [0.717, 1.165) is 0 Å². The highest BCUT2D eigenvalue weighted by molar-refractivity contribution is 6.39. The van der Waals surface area contributed by atoms with E-state index < -0.39 is 29.3 Å². The third-order valence-corrected chi connectivity index (χ3v) is 6.21. The second-order valence-corrected chi connectivity index (χ2v) is 12.4. The van der Waals surface area contributed by atoms with Crippen molar-refractivity contribution in [3.05, 3.63) is 52.6 Å². The molecule has 10 nitrogen and oxygen atoms in total. The first-order valence-corrected chi connectivity index (χ1v) is 14.2. The van der Waals surface area contributed by atoms with Crippen molar-refractivity contribution in [1.29, 1.82) is 0 Å². The van der Waals surface area contributed by atoms with Crippen molar-refractivity contribution in [3.8, 4) is 22.7 Å². The van der Waals surface area contributed by atoms with Gasteiger partial charge in [-0.3, -0.25) is 14.6 Å². The van der Waals surface area contributed by atoms with E-state index in [1.165, 1.54) is 0 Å². The summed E-state index contributed by atoms with van der Waals surface area (Å²) in [6.45, 7) is 10.7. The zero-order chi connectivity index (χ0) is 31.1. The van der Waals surface area contributed by atoms with Gasteiger partial charge in [0.25, 0.3) is 0 Å². The molecule has 0 aliphatic rings. The molecule has 0 aliphatic carbocycles. The number of benzene rings is 1. The van der Waals surface area contributed by atoms with Gasteiger partial charge in [0.05, 0.1) is 16.1 Å². The standard InChI is InChI=1S/C30H36Cl2N4O6/c1-29(2,3)40-26(38)11-10-21(35-28(39)41-30(4,5)6)24(37)13-15-33-18-12-14-34-22(16-18)25-17-23(36-42-25)27-19(31)8-7-9-20(27)32/h7-9,12,14,16-17,21H,10-11,13,15H2,1-6H3,(H,33,34)(H,35,39). The summed E-state index contributed by atoms with van der Waals surface area (Å²) < 4.78 is 16.1. The summed E-state index contributed by atoms with van der Waals surface area (Å²) in [5.41, 5.74) is 0.832. The van der Waals surface area contributed by atoms with Crippen molar-refractivity contribution in [3.63, 3.8) is 0 Å². The van der Waals surface area contributed by atoms with E-state index in [0.29, 0.717) is 38.4 Å². The number of hydrogen-bond acceptors (Lipinski definition) is 9. The van der Waals surface area contributed by atoms with Gasteiger partial charge in [-0.1, -0.05) is 34.4 Å². The lowest BCUT2D eigenvalue weighted by atomic mass is 10.0. The average molecular weight is 620 g/mol. The van der Waals surface area contributed by atoms with Crippen molar-refractivity contribution in [1.82, 2.24) is 15.5 Å². The van der Waals surface area contributed by atoms with E-state index in [-0.39, 0.29) is 31.6 Å². The van der Waals surface area contributed by atoms with Crippen LogP contribution < -0.4 is 10.6 Å². The van der Waals surface area contributed by atoms with Crippen LogP contribution in [0, 0.1) is 0 Å². The smallest absolute Gasteiger partial charge is 0.408 e. The van der Waals surface area contributed by atoms with Crippen LogP contribution in [0.1, 0.15) is 60.8 Å². The normalized spacial score (nSPS) is 12.4. The minimum atomic E-state index is -0.925. The lowest BCUT2D eigenvalue weighted by Gasteiger charge is -2.24. The molecule has 226 valence electrons. The molecule has 0 spiro atoms. The molecule has 2 N–H and O–H groups in total. The van der Waals surface area contributed by atoms with E-state index in [9.17, 15) is 14.4 Å². The molecular formula is C30H36Cl2N4O6. The van der Waals surface area contributed by atoms with Gasteiger partial charge in [0, 0.05) is 42.9 Å². The van der Waals surface area contributed by atoms with Crippen molar-refractivity contribution in [2.75, 3.05) is 11.9 Å². The second-order valence-electron chi connectivity index (χ2n) is 11.6. The minimum Gasteiger partial charge on any atom is -0.460 e. The summed E-state index contributed by atoms with van der Waals surface area (Å²) in [4.78, 5) is 42.1. The number of ketones is 1. The quantitative estimate of drug-likeness (QED) is 0.216. The van der Waals surface area contributed by atoms with Crippen molar-refractivity contribution < 1.29 is 28.4 Å². The molecule has 1 amide bonds. The van der Waals surface area contributed by atoms with Crippen molar-refractivity contribution in [2.24, 2.45) is 0 Å². The average Bonchev–Trinajstić information content (AvgIpc) is 3.34. The highest BCUT2D eigenvalue weighted by Gasteiger charge is 2.26. The van der Waals surface area contributed by atoms with Crippen LogP contribution in [0.15, 0.2) is 47.1 Å². The number of esters is 1. The zero-order valence-electron chi connectivity index (χ0n) is 24.5. The predicted octanol–water partition coefficient (Wildman–Crippen LogP) is 7.10. The molecule has 0 saturated carbocycles. The maximum absolute atomic E-state index is 13.1. The van der Waals surface area contributed by atoms with Crippen LogP contribution in [0.25, 0.3) is 22.7 Å². The van der Waals surface area contributed by atoms with E-state index >= 15 is 0 Å². The Kier molecular flexibility index (Phi) is 11.0. The number of nitrogens with zero attached hydrogens (tertiary/aromatic N) is 2. The number of anilines is 1. The van der Waals surface area contributed by atoms with Gasteiger partial charge < -0.3 is 24.6 Å². The number of nitrogens with one attached hydrogen (secondary N) is 2. The molecule has 0 fully saturated rings. The molecular weight excluding hydrogens is 583 g/mol. The molecule has 3 aromatic rings. The highest BCUT2D eigenvalue weighted by Crippen LogP contribution is 2.35. The maximum atomic E-state index is 13.1. The second kappa shape index (κ2) is 14.0. The number of Topliss-reactive ketones (excluding diaryl/α,β-unsaturated/α-hetero) is 1. The Balaban J connectivity index is 1.63. The topological polar surface area (TPSA) is 133 Å². The fourth-order valence-electron chi connectivity index (χ4n) is 3.85. The molecule has 1 aromatic carbocycles. The molecule has 0 saturated heterocycles. The van der Waals surface area contributed by atoms with Crippen molar-refractivity contribution >= 4 is 46.7 Å². The number of rotatable bonds is 11. The van der Waals surface area contributed by atoms with Crippen molar-refractivity contribution in [2.45, 2.75) is 78.0 Å². The molecule has 12 heteroatoms. The van der Waals surface area contributed by atoms with Crippen LogP contribution in [-0.4, -0.2) is 51.8 Å². The summed E-state index contributed by atoms with van der Waals surface area (Å²) in [7, 11) is 0. The molecule has 1 unspecified atom stereocenters. The fraction of sp³-hybridized carbons (Fsp3) is 0.433. The molecule has 2 heterocycles. The Hall–Kier alpha value is -3.63. The van der Waals surface area contributed by atoms with Gasteiger partial charge in [0.1, 0.15) is 22.6 Å². The number of alkyl carbamates (subject to hydrolysis) is 1. The van der Waals surface area contributed by atoms with Gasteiger partial charge in [-0.25, -0.2) is 4.79 Å². The first kappa shape index (κ1) is 32.9. The summed E-state index contributed by atoms with van der Waals surface area (Å²) in [5.74, 6) is -0.312. The van der Waals surface area contributed by atoms with Crippen LogP contribution in [0.5, 0.6) is 0 Å². The summed E-state index contributed by atoms with van der Waals surface area (Å²) >= 11 is 12.6. The van der Waals surface area contributed by atoms with E-state index in [1.807, 2.05) is 0 Å². The monoisotopic (exact) mass is 618 g/mol. The number of aromatic nitrogens is 2. The number of carbonyl (C=O) groups is 3. The Morgan fingerprint density at radius 3 is 2.24 bits per heavy atom. The lowest BCUT2D eigenvalue weighted by molar-refractivity contribution is -0.155. The molecule has 0 bridgehead atoms. The number of amides is 1. The van der Waals surface area contributed by atoms with Gasteiger partial charge in [-0.2, -0.15) is 0 Å². The van der Waals surface area contributed by atoms with Gasteiger partial charge in [0.2, 0.25) is 0 Å². The van der Waals surface area contributed by atoms with Crippen LogP contribution >= 0.6 is 23.2 Å². The molecule has 0 aliphatic heterocycles. The molecule has 2 aromatic heterocycles. The zero-order valence-corrected chi connectivity index (χ0v) is 26.1. The van der Waals surface area contributed by atoms with Gasteiger partial charge in [0.15, 0.2) is 11.5 Å². The van der Waals surface area contributed by atoms with E-state index in [4.69, 9.17) is 37.2 Å². The SMILES string of the molecule is CC(C)(C)OC(=O)CCC(NC(=O)OC(C)(C)C)C(=O)CCNc1ccnc(-c2cc(-c3c(Cl)cccc3Cl)no2)c1. The van der Waals surface area contributed by atoms with Crippen LogP contribution in [0.4, 0.5) is 10.5 Å². The third-order valence-electron chi connectivity index (χ3n) is 5.58. The summed E-state index contributed by atoms with van der Waals surface area (Å²) in [5, 5.41) is 10.8. The summed E-state index contributed by atoms with van der Waals surface area (Å²) in [6.07, 6.45) is 0.974. The van der Waals surface area contributed by atoms with Gasteiger partial charge in [-0.05, 0) is 72.2 Å². The largest absolute Gasteiger partial charge is 0.460 e. The van der Waals surface area contributed by atoms with Crippen LogP contribution in [-0.2, 0) is 19.1 Å². The van der Waals surface area contributed by atoms with E-state index in [2.05, 4.69) is 20.8 Å². The van der Waals surface area contributed by atoms with Gasteiger partial charge >= 0.3 is 12.1 Å². The highest BCUT2D eigenvalue weighted by atomic mass is 35.5. The molecule has 42 heavy (non-hydrogen) atoms. The molecule has 0 radical (unpaired) electrons. The van der Waals surface area contributed by atoms with Gasteiger partial charge in [-0.15, -0.1) is 0 Å². The third kappa shape index (κ3) is 10.3.